The van der Waals surface area contributed by atoms with Crippen LogP contribution in [-0.2, 0) is 6.54 Å². The van der Waals surface area contributed by atoms with Crippen LogP contribution in [0.4, 0.5) is 0 Å². The summed E-state index contributed by atoms with van der Waals surface area (Å²) in [6, 6.07) is 18.9. The molecule has 7 heteroatoms. The highest BCUT2D eigenvalue weighted by Gasteiger charge is 2.16. The van der Waals surface area contributed by atoms with Gasteiger partial charge in [0, 0.05) is 21.5 Å². The van der Waals surface area contributed by atoms with Crippen molar-refractivity contribution in [2.45, 2.75) is 6.54 Å². The van der Waals surface area contributed by atoms with Crippen LogP contribution in [-0.4, -0.2) is 15.6 Å². The van der Waals surface area contributed by atoms with Gasteiger partial charge in [0.1, 0.15) is 17.7 Å². The third-order valence-electron chi connectivity index (χ3n) is 4.22. The first-order valence-electron chi connectivity index (χ1n) is 8.41. The van der Waals surface area contributed by atoms with Gasteiger partial charge in [-0.1, -0.05) is 46.3 Å². The second kappa shape index (κ2) is 7.36. The van der Waals surface area contributed by atoms with Crippen LogP contribution < -0.4 is 11.2 Å². The molecular weight excluding hydrogens is 424 g/mol. The molecule has 138 valence electrons. The molecule has 0 bridgehead atoms. The lowest BCUT2D eigenvalue weighted by atomic mass is 10.1. The summed E-state index contributed by atoms with van der Waals surface area (Å²) in [5.41, 5.74) is 0.463. The van der Waals surface area contributed by atoms with Crippen LogP contribution in [0.15, 0.2) is 85.2 Å². The molecule has 0 saturated heterocycles. The zero-order valence-corrected chi connectivity index (χ0v) is 16.0. The molecule has 4 aromatic rings. The predicted molar refractivity (Wildman–Crippen MR) is 108 cm³/mol. The standard InChI is InChI=1S/C21H13BrN2O4/c22-15-6-8-19-14(10-15)11-16(21(27)28-19)18(25)12-24-20(26)9-7-17(23-24)13-4-2-1-3-5-13/h1-11H,12H2. The average molecular weight is 437 g/mol. The van der Waals surface area contributed by atoms with Crippen molar-refractivity contribution in [3.05, 3.63) is 97.5 Å². The summed E-state index contributed by atoms with van der Waals surface area (Å²) >= 11 is 3.35. The minimum atomic E-state index is -0.743. The molecule has 0 aliphatic carbocycles. The maximum Gasteiger partial charge on any atom is 0.347 e. The van der Waals surface area contributed by atoms with Crippen molar-refractivity contribution in [3.8, 4) is 11.3 Å². The molecule has 0 amide bonds. The quantitative estimate of drug-likeness (QED) is 0.360. The fraction of sp³-hybridized carbons (Fsp3) is 0.0476. The van der Waals surface area contributed by atoms with Gasteiger partial charge in [-0.15, -0.1) is 0 Å². The second-order valence-corrected chi connectivity index (χ2v) is 7.05. The Bertz CT molecular complexity index is 1310. The van der Waals surface area contributed by atoms with E-state index in [9.17, 15) is 14.4 Å². The van der Waals surface area contributed by atoms with Crippen LogP contribution in [0.5, 0.6) is 0 Å². The molecule has 0 fully saturated rings. The lowest BCUT2D eigenvalue weighted by molar-refractivity contribution is 0.0962. The Morgan fingerprint density at radius 2 is 1.79 bits per heavy atom. The SMILES string of the molecule is O=C(Cn1nc(-c2ccccc2)ccc1=O)c1cc2cc(Br)ccc2oc1=O. The molecule has 0 atom stereocenters. The van der Waals surface area contributed by atoms with E-state index in [2.05, 4.69) is 21.0 Å². The minimum absolute atomic E-state index is 0.121. The van der Waals surface area contributed by atoms with Gasteiger partial charge in [0.25, 0.3) is 5.56 Å². The zero-order valence-electron chi connectivity index (χ0n) is 14.5. The summed E-state index contributed by atoms with van der Waals surface area (Å²) < 4.78 is 7.07. The molecule has 0 aliphatic rings. The van der Waals surface area contributed by atoms with Crippen LogP contribution >= 0.6 is 15.9 Å². The summed E-state index contributed by atoms with van der Waals surface area (Å²) in [4.78, 5) is 37.1. The van der Waals surface area contributed by atoms with Gasteiger partial charge < -0.3 is 4.42 Å². The number of carbonyl (C=O) groups excluding carboxylic acids is 1. The van der Waals surface area contributed by atoms with E-state index in [0.717, 1.165) is 14.7 Å². The van der Waals surface area contributed by atoms with Crippen molar-refractivity contribution < 1.29 is 9.21 Å². The van der Waals surface area contributed by atoms with Gasteiger partial charge in [-0.05, 0) is 30.3 Å². The number of halogens is 1. The Morgan fingerprint density at radius 1 is 1.00 bits per heavy atom. The number of benzene rings is 2. The molecule has 0 unspecified atom stereocenters. The van der Waals surface area contributed by atoms with E-state index >= 15 is 0 Å². The zero-order chi connectivity index (χ0) is 19.7. The highest BCUT2D eigenvalue weighted by molar-refractivity contribution is 9.10. The van der Waals surface area contributed by atoms with Crippen molar-refractivity contribution in [2.75, 3.05) is 0 Å². The Labute approximate surface area is 167 Å². The minimum Gasteiger partial charge on any atom is -0.422 e. The number of hydrogen-bond acceptors (Lipinski definition) is 5. The monoisotopic (exact) mass is 436 g/mol. The van der Waals surface area contributed by atoms with Crippen LogP contribution in [0.25, 0.3) is 22.2 Å². The van der Waals surface area contributed by atoms with Crippen LogP contribution in [0.1, 0.15) is 10.4 Å². The Kier molecular flexibility index (Phi) is 4.75. The molecule has 0 radical (unpaired) electrons. The molecule has 2 heterocycles. The number of rotatable bonds is 4. The summed E-state index contributed by atoms with van der Waals surface area (Å²) in [5, 5.41) is 4.86. The Balaban J connectivity index is 1.71. The fourth-order valence-corrected chi connectivity index (χ4v) is 3.21. The van der Waals surface area contributed by atoms with Gasteiger partial charge in [0.2, 0.25) is 0 Å². The van der Waals surface area contributed by atoms with E-state index in [1.54, 1.807) is 24.3 Å². The molecule has 6 nitrogen and oxygen atoms in total. The normalized spacial score (nSPS) is 10.9. The lowest BCUT2D eigenvalue weighted by Crippen LogP contribution is -2.28. The molecule has 28 heavy (non-hydrogen) atoms. The molecule has 0 aliphatic heterocycles. The largest absolute Gasteiger partial charge is 0.422 e. The van der Waals surface area contributed by atoms with Crippen LogP contribution in [0.2, 0.25) is 0 Å². The Hall–Kier alpha value is -3.32. The van der Waals surface area contributed by atoms with Gasteiger partial charge in [-0.3, -0.25) is 9.59 Å². The first kappa shape index (κ1) is 18.1. The first-order chi connectivity index (χ1) is 13.5. The number of carbonyl (C=O) groups is 1. The molecular formula is C21H13BrN2O4. The smallest absolute Gasteiger partial charge is 0.347 e. The topological polar surface area (TPSA) is 82.2 Å². The molecule has 0 saturated carbocycles. The van der Waals surface area contributed by atoms with Crippen molar-refractivity contribution in [2.24, 2.45) is 0 Å². The maximum atomic E-state index is 12.7. The van der Waals surface area contributed by atoms with Crippen molar-refractivity contribution in [1.82, 2.24) is 9.78 Å². The maximum absolute atomic E-state index is 12.7. The fourth-order valence-electron chi connectivity index (χ4n) is 2.83. The number of aromatic nitrogens is 2. The molecule has 2 aromatic carbocycles. The van der Waals surface area contributed by atoms with E-state index in [4.69, 9.17) is 4.42 Å². The van der Waals surface area contributed by atoms with Crippen LogP contribution in [0.3, 0.4) is 0 Å². The van der Waals surface area contributed by atoms with Gasteiger partial charge in [0.05, 0.1) is 5.69 Å². The molecule has 0 N–H and O–H groups in total. The number of Topliss-reactive ketones (excluding diaryl/α,β-unsaturated/α-hetero) is 1. The van der Waals surface area contributed by atoms with Gasteiger partial charge >= 0.3 is 5.63 Å². The van der Waals surface area contributed by atoms with E-state index in [1.807, 2.05) is 30.3 Å². The van der Waals surface area contributed by atoms with Crippen molar-refractivity contribution in [3.63, 3.8) is 0 Å². The van der Waals surface area contributed by atoms with Crippen molar-refractivity contribution >= 4 is 32.7 Å². The first-order valence-corrected chi connectivity index (χ1v) is 9.21. The van der Waals surface area contributed by atoms with Gasteiger partial charge in [-0.2, -0.15) is 5.10 Å². The third kappa shape index (κ3) is 3.57. The highest BCUT2D eigenvalue weighted by Crippen LogP contribution is 2.19. The lowest BCUT2D eigenvalue weighted by Gasteiger charge is -2.07. The molecule has 0 spiro atoms. The predicted octanol–water partition coefficient (Wildman–Crippen LogP) is 3.66. The highest BCUT2D eigenvalue weighted by atomic mass is 79.9. The molecule has 2 aromatic heterocycles. The Morgan fingerprint density at radius 3 is 2.57 bits per heavy atom. The number of hydrogen-bond donors (Lipinski definition) is 0. The summed E-state index contributed by atoms with van der Waals surface area (Å²) in [6.07, 6.45) is 0. The second-order valence-electron chi connectivity index (χ2n) is 6.13. The third-order valence-corrected chi connectivity index (χ3v) is 4.72. The van der Waals surface area contributed by atoms with E-state index < -0.39 is 17.0 Å². The van der Waals surface area contributed by atoms with Gasteiger partial charge in [0.15, 0.2) is 5.78 Å². The average Bonchev–Trinajstić information content (AvgIpc) is 2.70. The van der Waals surface area contributed by atoms with E-state index in [-0.39, 0.29) is 12.1 Å². The van der Waals surface area contributed by atoms with E-state index in [1.165, 1.54) is 12.1 Å². The number of fused-ring (bicyclic) bond motifs is 1. The van der Waals surface area contributed by atoms with E-state index in [0.29, 0.717) is 16.7 Å². The van der Waals surface area contributed by atoms with Crippen molar-refractivity contribution in [1.29, 1.82) is 0 Å². The summed E-state index contributed by atoms with van der Waals surface area (Å²) in [7, 11) is 0. The molecule has 4 rings (SSSR count). The summed E-state index contributed by atoms with van der Waals surface area (Å²) in [6.45, 7) is -0.357. The van der Waals surface area contributed by atoms with Crippen LogP contribution in [0, 0.1) is 0 Å². The number of ketones is 1. The van der Waals surface area contributed by atoms with Gasteiger partial charge in [-0.25, -0.2) is 9.48 Å². The number of nitrogens with zero attached hydrogens (tertiary/aromatic N) is 2. The summed E-state index contributed by atoms with van der Waals surface area (Å²) in [5.74, 6) is -0.546.